The Morgan fingerprint density at radius 3 is 2.00 bits per heavy atom. The van der Waals surface area contributed by atoms with Crippen LogP contribution in [0.3, 0.4) is 0 Å². The van der Waals surface area contributed by atoms with Gasteiger partial charge in [-0.1, -0.05) is 0 Å². The van der Waals surface area contributed by atoms with Crippen LogP contribution >= 0.6 is 0 Å². The molecule has 0 saturated carbocycles. The third-order valence-corrected chi connectivity index (χ3v) is 1.45. The summed E-state index contributed by atoms with van der Waals surface area (Å²) in [6.07, 6.45) is 0. The number of hydrogen-bond acceptors (Lipinski definition) is 3. The van der Waals surface area contributed by atoms with Gasteiger partial charge in [0.15, 0.2) is 0 Å². The van der Waals surface area contributed by atoms with E-state index < -0.39 is 0 Å². The van der Waals surface area contributed by atoms with Crippen LogP contribution in [0.25, 0.3) is 0 Å². The van der Waals surface area contributed by atoms with Crippen LogP contribution in [0.5, 0.6) is 0 Å². The fraction of sp³-hybridized carbons (Fsp3) is 0.571. The minimum atomic E-state index is 0.464. The summed E-state index contributed by atoms with van der Waals surface area (Å²) < 4.78 is 0. The van der Waals surface area contributed by atoms with E-state index in [1.54, 1.807) is 7.05 Å². The number of nitrogens with zero attached hydrogens (tertiary/aromatic N) is 1. The quantitative estimate of drug-likeness (QED) is 0.542. The molecule has 3 heteroatoms. The maximum atomic E-state index is 5.54. The van der Waals surface area contributed by atoms with Gasteiger partial charge in [0, 0.05) is 30.6 Å². The highest BCUT2D eigenvalue weighted by atomic mass is 14.7. The van der Waals surface area contributed by atoms with Gasteiger partial charge in [-0.25, -0.2) is 0 Å². The van der Waals surface area contributed by atoms with E-state index in [0.29, 0.717) is 6.54 Å². The van der Waals surface area contributed by atoms with Crippen LogP contribution in [-0.2, 0) is 0 Å². The van der Waals surface area contributed by atoms with E-state index in [4.69, 9.17) is 11.5 Å². The monoisotopic (exact) mass is 141 g/mol. The largest absolute Gasteiger partial charge is 0.402 e. The molecular formula is C7H15N3. The molecule has 0 aliphatic rings. The molecule has 0 aromatic heterocycles. The van der Waals surface area contributed by atoms with Gasteiger partial charge < -0.3 is 11.5 Å². The van der Waals surface area contributed by atoms with Crippen molar-refractivity contribution in [2.24, 2.45) is 16.5 Å². The fourth-order valence-corrected chi connectivity index (χ4v) is 0.729. The van der Waals surface area contributed by atoms with Crippen LogP contribution in [0.2, 0.25) is 0 Å². The van der Waals surface area contributed by atoms with E-state index in [2.05, 4.69) is 4.99 Å². The van der Waals surface area contributed by atoms with Crippen molar-refractivity contribution in [3.8, 4) is 0 Å². The number of rotatable bonds is 2. The van der Waals surface area contributed by atoms with Crippen LogP contribution in [0.4, 0.5) is 0 Å². The van der Waals surface area contributed by atoms with Crippen molar-refractivity contribution in [3.63, 3.8) is 0 Å². The molecule has 0 spiro atoms. The number of nitrogens with two attached hydrogens (primary N) is 2. The van der Waals surface area contributed by atoms with E-state index >= 15 is 0 Å². The molecule has 58 valence electrons. The lowest BCUT2D eigenvalue weighted by molar-refractivity contribution is 1.13. The Morgan fingerprint density at radius 1 is 1.40 bits per heavy atom. The maximum Gasteiger partial charge on any atom is 0.0375 e. The molecule has 3 nitrogen and oxygen atoms in total. The maximum absolute atomic E-state index is 5.54. The second-order valence-corrected chi connectivity index (χ2v) is 2.17. The van der Waals surface area contributed by atoms with Crippen molar-refractivity contribution in [2.45, 2.75) is 13.8 Å². The molecule has 0 fully saturated rings. The van der Waals surface area contributed by atoms with E-state index in [0.717, 1.165) is 17.0 Å². The molecule has 0 heterocycles. The number of allylic oxidation sites excluding steroid dienone is 1. The smallest absolute Gasteiger partial charge is 0.0375 e. The molecule has 0 rings (SSSR count). The first kappa shape index (κ1) is 9.17. The normalized spacial score (nSPS) is 15.0. The summed E-state index contributed by atoms with van der Waals surface area (Å²) in [5.41, 5.74) is 13.6. The van der Waals surface area contributed by atoms with Crippen molar-refractivity contribution in [1.82, 2.24) is 0 Å². The second kappa shape index (κ2) is 4.06. The van der Waals surface area contributed by atoms with Gasteiger partial charge in [-0.05, 0) is 13.8 Å². The number of aliphatic imine (C=N–C) groups is 1. The van der Waals surface area contributed by atoms with E-state index in [-0.39, 0.29) is 0 Å². The highest BCUT2D eigenvalue weighted by Gasteiger charge is 1.99. The Labute approximate surface area is 61.8 Å². The SMILES string of the molecule is CN=C(C)/C(CN)=C(/C)N. The van der Waals surface area contributed by atoms with Gasteiger partial charge in [-0.2, -0.15) is 0 Å². The average molecular weight is 141 g/mol. The molecule has 10 heavy (non-hydrogen) atoms. The Morgan fingerprint density at radius 2 is 1.90 bits per heavy atom. The molecule has 0 bridgehead atoms. The Balaban J connectivity index is 4.54. The van der Waals surface area contributed by atoms with Crippen molar-refractivity contribution < 1.29 is 0 Å². The van der Waals surface area contributed by atoms with Crippen molar-refractivity contribution in [3.05, 3.63) is 11.3 Å². The minimum absolute atomic E-state index is 0.464. The Hall–Kier alpha value is -0.830. The van der Waals surface area contributed by atoms with Crippen LogP contribution in [0.15, 0.2) is 16.3 Å². The van der Waals surface area contributed by atoms with Crippen LogP contribution < -0.4 is 11.5 Å². The summed E-state index contributed by atoms with van der Waals surface area (Å²) in [5.74, 6) is 0. The second-order valence-electron chi connectivity index (χ2n) is 2.17. The van der Waals surface area contributed by atoms with Crippen molar-refractivity contribution in [1.29, 1.82) is 0 Å². The summed E-state index contributed by atoms with van der Waals surface area (Å²) in [6.45, 7) is 4.20. The van der Waals surface area contributed by atoms with Crippen molar-refractivity contribution >= 4 is 5.71 Å². The molecule has 0 saturated heterocycles. The molecule has 4 N–H and O–H groups in total. The summed E-state index contributed by atoms with van der Waals surface area (Å²) in [5, 5.41) is 0. The van der Waals surface area contributed by atoms with Gasteiger partial charge in [0.25, 0.3) is 0 Å². The zero-order valence-corrected chi connectivity index (χ0v) is 6.81. The van der Waals surface area contributed by atoms with Gasteiger partial charge in [0.05, 0.1) is 0 Å². The summed E-state index contributed by atoms with van der Waals surface area (Å²) in [7, 11) is 1.73. The Kier molecular flexibility index (Phi) is 3.72. The first-order chi connectivity index (χ1) is 4.63. The topological polar surface area (TPSA) is 64.4 Å². The molecule has 0 unspecified atom stereocenters. The molecule has 0 aromatic rings. The van der Waals surface area contributed by atoms with E-state index in [9.17, 15) is 0 Å². The first-order valence-corrected chi connectivity index (χ1v) is 3.22. The zero-order chi connectivity index (χ0) is 8.15. The summed E-state index contributed by atoms with van der Waals surface area (Å²) >= 11 is 0. The summed E-state index contributed by atoms with van der Waals surface area (Å²) in [6, 6.07) is 0. The minimum Gasteiger partial charge on any atom is -0.402 e. The van der Waals surface area contributed by atoms with Gasteiger partial charge in [-0.15, -0.1) is 0 Å². The molecule has 0 atom stereocenters. The lowest BCUT2D eigenvalue weighted by Gasteiger charge is -2.04. The highest BCUT2D eigenvalue weighted by molar-refractivity contribution is 5.98. The van der Waals surface area contributed by atoms with Crippen LogP contribution in [0.1, 0.15) is 13.8 Å². The third-order valence-electron chi connectivity index (χ3n) is 1.45. The molecule has 0 aromatic carbocycles. The standard InChI is InChI=1S/C7H15N3/c1-5(9)7(4-8)6(2)10-3/h4,8-9H2,1-3H3/b7-5-,10-6?. The van der Waals surface area contributed by atoms with Gasteiger partial charge in [0.2, 0.25) is 0 Å². The van der Waals surface area contributed by atoms with Crippen molar-refractivity contribution in [2.75, 3.05) is 13.6 Å². The Bertz CT molecular complexity index is 157. The molecule has 0 aliphatic heterocycles. The van der Waals surface area contributed by atoms with Gasteiger partial charge in [-0.3, -0.25) is 4.99 Å². The molecular weight excluding hydrogens is 126 g/mol. The predicted octanol–water partition coefficient (Wildman–Crippen LogP) is 0.269. The van der Waals surface area contributed by atoms with Crippen LogP contribution in [0, 0.1) is 0 Å². The molecule has 0 radical (unpaired) electrons. The fourth-order valence-electron chi connectivity index (χ4n) is 0.729. The van der Waals surface area contributed by atoms with Crippen LogP contribution in [-0.4, -0.2) is 19.3 Å². The zero-order valence-electron chi connectivity index (χ0n) is 6.81. The molecule has 0 aliphatic carbocycles. The highest BCUT2D eigenvalue weighted by Crippen LogP contribution is 1.98. The average Bonchev–Trinajstić information content (AvgIpc) is 1.88. The van der Waals surface area contributed by atoms with Gasteiger partial charge in [0.1, 0.15) is 0 Å². The van der Waals surface area contributed by atoms with Gasteiger partial charge >= 0.3 is 0 Å². The predicted molar refractivity (Wildman–Crippen MR) is 45.0 cm³/mol. The van der Waals surface area contributed by atoms with E-state index in [1.807, 2.05) is 13.8 Å². The lowest BCUT2D eigenvalue weighted by atomic mass is 10.1. The first-order valence-electron chi connectivity index (χ1n) is 3.22. The van der Waals surface area contributed by atoms with E-state index in [1.165, 1.54) is 0 Å². The lowest BCUT2D eigenvalue weighted by Crippen LogP contribution is -2.15. The number of hydrogen-bond donors (Lipinski definition) is 2. The third kappa shape index (κ3) is 2.19. The summed E-state index contributed by atoms with van der Waals surface area (Å²) in [4.78, 5) is 3.98. The molecule has 0 amide bonds.